The minimum Gasteiger partial charge on any atom is -0.394 e. The number of aliphatic hydroxyl groups is 4. The Morgan fingerprint density at radius 2 is 1.77 bits per heavy atom. The molecule has 78 valence electrons. The average Bonchev–Trinajstić information content (AvgIpc) is 2.09. The molecule has 1 aliphatic heterocycles. The second kappa shape index (κ2) is 3.86. The van der Waals surface area contributed by atoms with E-state index in [1.165, 1.54) is 0 Å². The molecular formula is C6H10Cl2O5. The van der Waals surface area contributed by atoms with E-state index in [0.29, 0.717) is 0 Å². The van der Waals surface area contributed by atoms with E-state index in [9.17, 15) is 10.2 Å². The summed E-state index contributed by atoms with van der Waals surface area (Å²) in [5, 5.41) is 36.4. The summed E-state index contributed by atoms with van der Waals surface area (Å²) in [6.45, 7) is -0.543. The third kappa shape index (κ3) is 1.92. The smallest absolute Gasteiger partial charge is 0.196 e. The first-order valence-electron chi connectivity index (χ1n) is 3.59. The van der Waals surface area contributed by atoms with Crippen LogP contribution in [0.4, 0.5) is 0 Å². The van der Waals surface area contributed by atoms with E-state index in [4.69, 9.17) is 33.4 Å². The van der Waals surface area contributed by atoms with Gasteiger partial charge < -0.3 is 25.2 Å². The van der Waals surface area contributed by atoms with Gasteiger partial charge >= 0.3 is 0 Å². The van der Waals surface area contributed by atoms with E-state index < -0.39 is 35.5 Å². The fourth-order valence-corrected chi connectivity index (χ4v) is 1.43. The van der Waals surface area contributed by atoms with Crippen molar-refractivity contribution in [3.63, 3.8) is 0 Å². The third-order valence-electron chi connectivity index (χ3n) is 1.91. The molecule has 0 aliphatic carbocycles. The Morgan fingerprint density at radius 3 is 2.23 bits per heavy atom. The van der Waals surface area contributed by atoms with Gasteiger partial charge in [0.2, 0.25) is 0 Å². The molecule has 1 aliphatic rings. The summed E-state index contributed by atoms with van der Waals surface area (Å²) in [5.74, 6) is 0. The molecule has 1 saturated heterocycles. The first kappa shape index (κ1) is 11.5. The molecule has 0 bridgehead atoms. The van der Waals surface area contributed by atoms with Crippen molar-refractivity contribution in [1.29, 1.82) is 0 Å². The van der Waals surface area contributed by atoms with E-state index in [2.05, 4.69) is 4.74 Å². The van der Waals surface area contributed by atoms with Gasteiger partial charge in [0.15, 0.2) is 10.6 Å². The Hall–Kier alpha value is 0.380. The van der Waals surface area contributed by atoms with Crippen molar-refractivity contribution in [2.45, 2.75) is 28.9 Å². The van der Waals surface area contributed by atoms with E-state index >= 15 is 0 Å². The standard InChI is InChI=1S/C6H10Cl2O5/c7-6(8)4(11)3(10)2(1-9)13-5(6)12/h2-5,9-12H,1H2/t2-,3+,4+,5-/m1/s1. The van der Waals surface area contributed by atoms with Gasteiger partial charge in [-0.3, -0.25) is 0 Å². The van der Waals surface area contributed by atoms with Crippen LogP contribution in [0.5, 0.6) is 0 Å². The minimum atomic E-state index is -1.98. The van der Waals surface area contributed by atoms with Crippen LogP contribution in [-0.4, -0.2) is 56.0 Å². The zero-order valence-electron chi connectivity index (χ0n) is 6.47. The molecule has 4 atom stereocenters. The summed E-state index contributed by atoms with van der Waals surface area (Å²) in [6, 6.07) is 0. The second-order valence-electron chi connectivity index (χ2n) is 2.82. The van der Waals surface area contributed by atoms with Crippen molar-refractivity contribution in [1.82, 2.24) is 0 Å². The molecule has 0 saturated carbocycles. The van der Waals surface area contributed by atoms with E-state index in [1.807, 2.05) is 0 Å². The van der Waals surface area contributed by atoms with Gasteiger partial charge in [-0.1, -0.05) is 23.2 Å². The summed E-state index contributed by atoms with van der Waals surface area (Å²) in [7, 11) is 0. The van der Waals surface area contributed by atoms with Gasteiger partial charge in [-0.05, 0) is 0 Å². The Bertz CT molecular complexity index is 188. The largest absolute Gasteiger partial charge is 0.394 e. The highest BCUT2D eigenvalue weighted by Crippen LogP contribution is 2.37. The van der Waals surface area contributed by atoms with Crippen LogP contribution in [0.2, 0.25) is 0 Å². The summed E-state index contributed by atoms with van der Waals surface area (Å²) in [5.41, 5.74) is 0. The minimum absolute atomic E-state index is 0.543. The van der Waals surface area contributed by atoms with Crippen LogP contribution in [0.15, 0.2) is 0 Å². The van der Waals surface area contributed by atoms with Gasteiger partial charge in [0, 0.05) is 0 Å². The molecule has 0 unspecified atom stereocenters. The number of halogens is 2. The van der Waals surface area contributed by atoms with Crippen molar-refractivity contribution in [3.05, 3.63) is 0 Å². The lowest BCUT2D eigenvalue weighted by Crippen LogP contribution is -2.61. The molecule has 0 radical (unpaired) electrons. The van der Waals surface area contributed by atoms with Crippen molar-refractivity contribution < 1.29 is 25.2 Å². The topological polar surface area (TPSA) is 90.2 Å². The maximum Gasteiger partial charge on any atom is 0.196 e. The molecule has 4 N–H and O–H groups in total. The fourth-order valence-electron chi connectivity index (χ4n) is 1.06. The second-order valence-corrected chi connectivity index (χ2v) is 4.26. The zero-order chi connectivity index (χ0) is 10.2. The molecule has 13 heavy (non-hydrogen) atoms. The molecule has 5 nitrogen and oxygen atoms in total. The molecule has 7 heteroatoms. The molecular weight excluding hydrogens is 223 g/mol. The van der Waals surface area contributed by atoms with Gasteiger partial charge in [-0.25, -0.2) is 0 Å². The number of hydrogen-bond acceptors (Lipinski definition) is 5. The van der Waals surface area contributed by atoms with Crippen LogP contribution in [0.3, 0.4) is 0 Å². The van der Waals surface area contributed by atoms with Gasteiger partial charge in [0.05, 0.1) is 6.61 Å². The van der Waals surface area contributed by atoms with E-state index in [1.54, 1.807) is 0 Å². The number of hydrogen-bond donors (Lipinski definition) is 4. The average molecular weight is 233 g/mol. The lowest BCUT2D eigenvalue weighted by molar-refractivity contribution is -0.244. The van der Waals surface area contributed by atoms with Gasteiger partial charge in [0.25, 0.3) is 0 Å². The quantitative estimate of drug-likeness (QED) is 0.418. The lowest BCUT2D eigenvalue weighted by atomic mass is 10.0. The predicted octanol–water partition coefficient (Wildman–Crippen LogP) is -1.41. The summed E-state index contributed by atoms with van der Waals surface area (Å²) >= 11 is 11.0. The highest BCUT2D eigenvalue weighted by atomic mass is 35.5. The number of alkyl halides is 2. The maximum absolute atomic E-state index is 9.31. The molecule has 0 amide bonds. The van der Waals surface area contributed by atoms with E-state index in [-0.39, 0.29) is 0 Å². The molecule has 1 fully saturated rings. The van der Waals surface area contributed by atoms with Crippen LogP contribution in [0.1, 0.15) is 0 Å². The van der Waals surface area contributed by atoms with Crippen molar-refractivity contribution in [2.75, 3.05) is 6.61 Å². The molecule has 1 heterocycles. The summed E-state index contributed by atoms with van der Waals surface area (Å²) < 4.78 is 2.68. The monoisotopic (exact) mass is 232 g/mol. The first-order chi connectivity index (χ1) is 5.91. The summed E-state index contributed by atoms with van der Waals surface area (Å²) in [4.78, 5) is 0. The highest BCUT2D eigenvalue weighted by molar-refractivity contribution is 6.49. The Kier molecular flexibility index (Phi) is 3.40. The van der Waals surface area contributed by atoms with Gasteiger partial charge in [-0.2, -0.15) is 0 Å². The number of aliphatic hydroxyl groups excluding tert-OH is 4. The Labute approximate surface area is 84.5 Å². The summed E-state index contributed by atoms with van der Waals surface area (Å²) in [6.07, 6.45) is -5.73. The van der Waals surface area contributed by atoms with Gasteiger partial charge in [-0.15, -0.1) is 0 Å². The van der Waals surface area contributed by atoms with Crippen LogP contribution in [0, 0.1) is 0 Å². The maximum atomic E-state index is 9.31. The molecule has 0 spiro atoms. The first-order valence-corrected chi connectivity index (χ1v) is 4.35. The lowest BCUT2D eigenvalue weighted by Gasteiger charge is -2.41. The molecule has 1 rings (SSSR count). The van der Waals surface area contributed by atoms with E-state index in [0.717, 1.165) is 0 Å². The normalized spacial score (nSPS) is 44.8. The Balaban J connectivity index is 2.79. The predicted molar refractivity (Wildman–Crippen MR) is 44.4 cm³/mol. The third-order valence-corrected chi connectivity index (χ3v) is 2.73. The molecule has 0 aromatic rings. The fraction of sp³-hybridized carbons (Fsp3) is 1.00. The van der Waals surface area contributed by atoms with Crippen LogP contribution >= 0.6 is 23.2 Å². The highest BCUT2D eigenvalue weighted by Gasteiger charge is 2.53. The number of ether oxygens (including phenoxy) is 1. The van der Waals surface area contributed by atoms with Gasteiger partial charge in [0.1, 0.15) is 18.3 Å². The van der Waals surface area contributed by atoms with Crippen molar-refractivity contribution >= 4 is 23.2 Å². The van der Waals surface area contributed by atoms with Crippen LogP contribution in [0.25, 0.3) is 0 Å². The SMILES string of the molecule is OC[C@H]1O[C@@H](O)C(Cl)(Cl)[C@@H](O)[C@H]1O. The molecule has 0 aromatic carbocycles. The number of rotatable bonds is 1. The van der Waals surface area contributed by atoms with Crippen molar-refractivity contribution in [3.8, 4) is 0 Å². The van der Waals surface area contributed by atoms with Crippen LogP contribution in [-0.2, 0) is 4.74 Å². The Morgan fingerprint density at radius 1 is 1.23 bits per heavy atom. The molecule has 0 aromatic heterocycles. The zero-order valence-corrected chi connectivity index (χ0v) is 7.98. The van der Waals surface area contributed by atoms with Crippen LogP contribution < -0.4 is 0 Å². The van der Waals surface area contributed by atoms with Crippen molar-refractivity contribution in [2.24, 2.45) is 0 Å².